The molecule has 0 bridgehead atoms. The lowest BCUT2D eigenvalue weighted by atomic mass is 10.0. The molecule has 2 aromatic heterocycles. The van der Waals surface area contributed by atoms with Crippen LogP contribution in [0, 0.1) is 17.5 Å². The van der Waals surface area contributed by atoms with E-state index >= 15 is 0 Å². The van der Waals surface area contributed by atoms with Crippen molar-refractivity contribution in [2.45, 2.75) is 18.6 Å². The van der Waals surface area contributed by atoms with Gasteiger partial charge < -0.3 is 19.7 Å². The van der Waals surface area contributed by atoms with Gasteiger partial charge in [-0.15, -0.1) is 0 Å². The molecule has 3 aliphatic heterocycles. The standard InChI is InChI=1S/C28H31F3N8O3/c1-36-27(24(15-35-36)32-4-5-37-6-8-41-9-7-37)23-13-26(22(31)14-33-23)42-21-16-38(17-21)28(40)39-25(2-3-34-39)18-10-19(29)12-20(30)11-18/h3,10-15,21,25,32H,2,4-9,16-17H2,1H3. The highest BCUT2D eigenvalue weighted by Crippen LogP contribution is 2.33. The largest absolute Gasteiger partial charge is 0.483 e. The minimum absolute atomic E-state index is 0.0184. The Morgan fingerprint density at radius 1 is 1.10 bits per heavy atom. The summed E-state index contributed by atoms with van der Waals surface area (Å²) in [6, 6.07) is 3.67. The first-order valence-electron chi connectivity index (χ1n) is 13.8. The summed E-state index contributed by atoms with van der Waals surface area (Å²) in [6.45, 7) is 5.20. The molecule has 2 saturated heterocycles. The molecular weight excluding hydrogens is 553 g/mol. The van der Waals surface area contributed by atoms with Crippen LogP contribution in [0.2, 0.25) is 0 Å². The summed E-state index contributed by atoms with van der Waals surface area (Å²) in [5.74, 6) is -2.04. The van der Waals surface area contributed by atoms with Crippen LogP contribution in [0.5, 0.6) is 5.75 Å². The molecule has 1 atom stereocenters. The molecule has 3 aromatic rings. The van der Waals surface area contributed by atoms with E-state index in [0.717, 1.165) is 50.8 Å². The van der Waals surface area contributed by atoms with Crippen molar-refractivity contribution in [3.63, 3.8) is 0 Å². The van der Waals surface area contributed by atoms with E-state index in [9.17, 15) is 18.0 Å². The van der Waals surface area contributed by atoms with Gasteiger partial charge in [0.25, 0.3) is 0 Å². The molecule has 1 unspecified atom stereocenters. The van der Waals surface area contributed by atoms with E-state index in [-0.39, 0.29) is 18.8 Å². The van der Waals surface area contributed by atoms with Crippen LogP contribution in [0.3, 0.4) is 0 Å². The molecule has 2 amide bonds. The Balaban J connectivity index is 1.07. The summed E-state index contributed by atoms with van der Waals surface area (Å²) in [7, 11) is 1.79. The average molecular weight is 585 g/mol. The number of aryl methyl sites for hydroxylation is 1. The van der Waals surface area contributed by atoms with Gasteiger partial charge in [-0.1, -0.05) is 0 Å². The van der Waals surface area contributed by atoms with Crippen LogP contribution in [0.1, 0.15) is 18.0 Å². The molecule has 6 rings (SSSR count). The van der Waals surface area contributed by atoms with Crippen LogP contribution in [0.4, 0.5) is 23.7 Å². The van der Waals surface area contributed by atoms with Crippen LogP contribution in [0.25, 0.3) is 11.4 Å². The molecular formula is C28H31F3N8O3. The van der Waals surface area contributed by atoms with Gasteiger partial charge in [0.15, 0.2) is 11.6 Å². The third-order valence-electron chi connectivity index (χ3n) is 7.56. The number of benzene rings is 1. The molecule has 2 fully saturated rings. The molecule has 0 aliphatic carbocycles. The number of hydrogen-bond acceptors (Lipinski definition) is 8. The number of amides is 2. The summed E-state index contributed by atoms with van der Waals surface area (Å²) < 4.78 is 55.2. The molecule has 1 aromatic carbocycles. The van der Waals surface area contributed by atoms with E-state index in [4.69, 9.17) is 9.47 Å². The number of hydrazone groups is 1. The maximum Gasteiger partial charge on any atom is 0.341 e. The lowest BCUT2D eigenvalue weighted by Gasteiger charge is -2.41. The van der Waals surface area contributed by atoms with Gasteiger partial charge in [0, 0.05) is 58.0 Å². The first-order chi connectivity index (χ1) is 20.4. The SMILES string of the molecule is Cn1ncc(NCCN2CCOCC2)c1-c1cc(OC2CN(C(=O)N3N=CCC3c3cc(F)cc(F)c3)C2)c(F)cn1. The predicted molar refractivity (Wildman–Crippen MR) is 148 cm³/mol. The van der Waals surface area contributed by atoms with Crippen molar-refractivity contribution >= 4 is 17.9 Å². The number of hydrogen-bond donors (Lipinski definition) is 1. The summed E-state index contributed by atoms with van der Waals surface area (Å²) in [6.07, 6.45) is 4.25. The molecule has 14 heteroatoms. The van der Waals surface area contributed by atoms with Crippen molar-refractivity contribution in [1.29, 1.82) is 0 Å². The van der Waals surface area contributed by atoms with Crippen LogP contribution in [0.15, 0.2) is 41.8 Å². The number of ether oxygens (including phenoxy) is 2. The fourth-order valence-corrected chi connectivity index (χ4v) is 5.32. The molecule has 1 N–H and O–H groups in total. The minimum atomic E-state index is -0.720. The fourth-order valence-electron chi connectivity index (χ4n) is 5.32. The number of morpholine rings is 1. The molecule has 3 aliphatic rings. The fraction of sp³-hybridized carbons (Fsp3) is 0.429. The van der Waals surface area contributed by atoms with Crippen molar-refractivity contribution in [1.82, 2.24) is 29.6 Å². The summed E-state index contributed by atoms with van der Waals surface area (Å²) in [5, 5.41) is 13.1. The Hall–Kier alpha value is -4.17. The van der Waals surface area contributed by atoms with Crippen molar-refractivity contribution < 1.29 is 27.4 Å². The van der Waals surface area contributed by atoms with Gasteiger partial charge >= 0.3 is 6.03 Å². The van der Waals surface area contributed by atoms with E-state index in [0.29, 0.717) is 29.9 Å². The maximum atomic E-state index is 14.7. The van der Waals surface area contributed by atoms with Crippen LogP contribution in [-0.2, 0) is 11.8 Å². The quantitative estimate of drug-likeness (QED) is 0.434. The highest BCUT2D eigenvalue weighted by atomic mass is 19.1. The van der Waals surface area contributed by atoms with E-state index in [1.807, 2.05) is 0 Å². The monoisotopic (exact) mass is 584 g/mol. The van der Waals surface area contributed by atoms with Gasteiger partial charge in [-0.3, -0.25) is 14.6 Å². The lowest BCUT2D eigenvalue weighted by Crippen LogP contribution is -2.58. The number of halogens is 3. The van der Waals surface area contributed by atoms with E-state index in [2.05, 4.69) is 25.4 Å². The molecule has 11 nitrogen and oxygen atoms in total. The van der Waals surface area contributed by atoms with Gasteiger partial charge in [-0.25, -0.2) is 23.0 Å². The van der Waals surface area contributed by atoms with Crippen molar-refractivity contribution in [2.24, 2.45) is 12.1 Å². The third kappa shape index (κ3) is 5.90. The molecule has 222 valence electrons. The minimum Gasteiger partial charge on any atom is -0.483 e. The van der Waals surface area contributed by atoms with Crippen LogP contribution >= 0.6 is 0 Å². The van der Waals surface area contributed by atoms with Crippen molar-refractivity contribution in [3.05, 3.63) is 59.7 Å². The molecule has 42 heavy (non-hydrogen) atoms. The molecule has 0 spiro atoms. The highest BCUT2D eigenvalue weighted by Gasteiger charge is 2.39. The number of carbonyl (C=O) groups excluding carboxylic acids is 1. The van der Waals surface area contributed by atoms with Crippen molar-refractivity contribution in [3.8, 4) is 17.1 Å². The first-order valence-corrected chi connectivity index (χ1v) is 13.8. The van der Waals surface area contributed by atoms with Gasteiger partial charge in [-0.05, 0) is 17.7 Å². The first kappa shape index (κ1) is 28.0. The zero-order valence-corrected chi connectivity index (χ0v) is 23.0. The van der Waals surface area contributed by atoms with Gasteiger partial charge in [0.1, 0.15) is 23.4 Å². The zero-order valence-electron chi connectivity index (χ0n) is 23.0. The van der Waals surface area contributed by atoms with Crippen LogP contribution in [-0.4, -0.2) is 100 Å². The normalized spacial score (nSPS) is 19.3. The Bertz CT molecular complexity index is 1450. The molecule has 0 saturated carbocycles. The van der Waals surface area contributed by atoms with Crippen molar-refractivity contribution in [2.75, 3.05) is 57.8 Å². The Kier molecular flexibility index (Phi) is 7.98. The third-order valence-corrected chi connectivity index (χ3v) is 7.56. The van der Waals surface area contributed by atoms with Crippen LogP contribution < -0.4 is 10.1 Å². The Morgan fingerprint density at radius 2 is 1.86 bits per heavy atom. The van der Waals surface area contributed by atoms with Gasteiger partial charge in [0.2, 0.25) is 0 Å². The summed E-state index contributed by atoms with van der Waals surface area (Å²) in [4.78, 5) is 21.2. The number of aromatic nitrogens is 3. The summed E-state index contributed by atoms with van der Waals surface area (Å²) in [5.41, 5.74) is 2.28. The lowest BCUT2D eigenvalue weighted by molar-refractivity contribution is 0.0256. The number of nitrogens with one attached hydrogen (secondary N) is 1. The topological polar surface area (TPSA) is 100 Å². The van der Waals surface area contributed by atoms with E-state index in [1.54, 1.807) is 17.9 Å². The van der Waals surface area contributed by atoms with E-state index < -0.39 is 35.6 Å². The number of likely N-dealkylation sites (tertiary alicyclic amines) is 1. The summed E-state index contributed by atoms with van der Waals surface area (Å²) >= 11 is 0. The smallest absolute Gasteiger partial charge is 0.341 e. The maximum absolute atomic E-state index is 14.7. The number of pyridine rings is 1. The number of anilines is 1. The highest BCUT2D eigenvalue weighted by molar-refractivity contribution is 5.79. The zero-order chi connectivity index (χ0) is 29.2. The second kappa shape index (κ2) is 12.0. The second-order valence-electron chi connectivity index (χ2n) is 10.4. The van der Waals surface area contributed by atoms with Gasteiger partial charge in [-0.2, -0.15) is 10.2 Å². The second-order valence-corrected chi connectivity index (χ2v) is 10.4. The number of carbonyl (C=O) groups is 1. The van der Waals surface area contributed by atoms with E-state index in [1.165, 1.54) is 34.3 Å². The Labute approximate surface area is 240 Å². The number of urea groups is 1. The average Bonchev–Trinajstić information content (AvgIpc) is 3.58. The number of rotatable bonds is 8. The number of nitrogens with zero attached hydrogens (tertiary/aromatic N) is 7. The van der Waals surface area contributed by atoms with Gasteiger partial charge in [0.05, 0.1) is 56.1 Å². The Morgan fingerprint density at radius 3 is 2.62 bits per heavy atom. The molecule has 5 heterocycles. The predicted octanol–water partition coefficient (Wildman–Crippen LogP) is 3.26. The molecule has 0 radical (unpaired) electrons.